The predicted molar refractivity (Wildman–Crippen MR) is 73.2 cm³/mol. The molecule has 8 heteroatoms. The van der Waals surface area contributed by atoms with Gasteiger partial charge in [-0.2, -0.15) is 0 Å². The molecular formula is C11H14BrN3O4. The van der Waals surface area contributed by atoms with Gasteiger partial charge >= 0.3 is 5.97 Å². The molecule has 0 bridgehead atoms. The molecule has 0 aliphatic carbocycles. The molecule has 104 valence electrons. The number of unbranched alkanes of at least 4 members (excludes halogenated alkanes) is 2. The summed E-state index contributed by atoms with van der Waals surface area (Å²) in [6.07, 6.45) is 3.64. The number of nitrogens with one attached hydrogen (secondary N) is 1. The number of pyridine rings is 1. The molecule has 0 aliphatic rings. The fourth-order valence-electron chi connectivity index (χ4n) is 1.44. The summed E-state index contributed by atoms with van der Waals surface area (Å²) >= 11 is 3.21. The van der Waals surface area contributed by atoms with Gasteiger partial charge in [-0.25, -0.2) is 4.98 Å². The quantitative estimate of drug-likeness (QED) is 0.431. The second-order valence-corrected chi connectivity index (χ2v) is 4.77. The molecule has 0 unspecified atom stereocenters. The lowest BCUT2D eigenvalue weighted by atomic mass is 10.2. The van der Waals surface area contributed by atoms with Crippen LogP contribution in [0.1, 0.15) is 25.7 Å². The highest BCUT2D eigenvalue weighted by Gasteiger charge is 2.09. The Kier molecular flexibility index (Phi) is 6.20. The molecule has 7 nitrogen and oxygen atoms in total. The van der Waals surface area contributed by atoms with Crippen molar-refractivity contribution in [3.63, 3.8) is 0 Å². The third kappa shape index (κ3) is 5.64. The number of rotatable bonds is 8. The van der Waals surface area contributed by atoms with E-state index in [1.54, 1.807) is 0 Å². The highest BCUT2D eigenvalue weighted by molar-refractivity contribution is 9.10. The van der Waals surface area contributed by atoms with Crippen molar-refractivity contribution in [1.82, 2.24) is 4.98 Å². The van der Waals surface area contributed by atoms with Crippen LogP contribution < -0.4 is 5.32 Å². The second-order valence-electron chi connectivity index (χ2n) is 3.91. The molecule has 0 amide bonds. The van der Waals surface area contributed by atoms with Crippen molar-refractivity contribution in [3.8, 4) is 0 Å². The van der Waals surface area contributed by atoms with Gasteiger partial charge in [-0.15, -0.1) is 0 Å². The van der Waals surface area contributed by atoms with Crippen LogP contribution in [0.3, 0.4) is 0 Å². The highest BCUT2D eigenvalue weighted by Crippen LogP contribution is 2.24. The lowest BCUT2D eigenvalue weighted by molar-refractivity contribution is -0.385. The first kappa shape index (κ1) is 15.4. The van der Waals surface area contributed by atoms with Gasteiger partial charge < -0.3 is 10.4 Å². The molecule has 0 saturated heterocycles. The number of anilines is 1. The van der Waals surface area contributed by atoms with E-state index in [0.717, 1.165) is 12.8 Å². The largest absolute Gasteiger partial charge is 0.481 e. The van der Waals surface area contributed by atoms with E-state index in [1.807, 2.05) is 0 Å². The summed E-state index contributed by atoms with van der Waals surface area (Å²) in [7, 11) is 0. The van der Waals surface area contributed by atoms with Crippen molar-refractivity contribution in [2.75, 3.05) is 11.9 Å². The number of hydrogen-bond acceptors (Lipinski definition) is 5. The minimum Gasteiger partial charge on any atom is -0.481 e. The van der Waals surface area contributed by atoms with E-state index in [9.17, 15) is 14.9 Å². The molecule has 0 spiro atoms. The SMILES string of the molecule is O=C(O)CCCCCNc1ncc([N+](=O)[O-])cc1Br. The summed E-state index contributed by atoms with van der Waals surface area (Å²) < 4.78 is 0.534. The van der Waals surface area contributed by atoms with Crippen LogP contribution in [0.15, 0.2) is 16.7 Å². The smallest absolute Gasteiger partial charge is 0.303 e. The summed E-state index contributed by atoms with van der Waals surface area (Å²) in [5, 5.41) is 22.0. The molecule has 0 saturated carbocycles. The van der Waals surface area contributed by atoms with Crippen LogP contribution >= 0.6 is 15.9 Å². The van der Waals surface area contributed by atoms with Crippen molar-refractivity contribution >= 4 is 33.4 Å². The van der Waals surface area contributed by atoms with Gasteiger partial charge in [-0.05, 0) is 28.8 Å². The standard InChI is InChI=1S/C11H14BrN3O4/c12-9-6-8(15(18)19)7-14-11(9)13-5-3-1-2-4-10(16)17/h6-7H,1-5H2,(H,13,14)(H,16,17). The first-order chi connectivity index (χ1) is 9.00. The van der Waals surface area contributed by atoms with Gasteiger partial charge in [-0.1, -0.05) is 6.42 Å². The Balaban J connectivity index is 2.33. The Morgan fingerprint density at radius 1 is 1.47 bits per heavy atom. The number of aromatic nitrogens is 1. The fourth-order valence-corrected chi connectivity index (χ4v) is 1.92. The molecule has 1 rings (SSSR count). The number of nitro groups is 1. The fraction of sp³-hybridized carbons (Fsp3) is 0.455. The number of hydrogen-bond donors (Lipinski definition) is 2. The average molecular weight is 332 g/mol. The van der Waals surface area contributed by atoms with E-state index >= 15 is 0 Å². The molecule has 0 aromatic carbocycles. The van der Waals surface area contributed by atoms with Crippen LogP contribution in [0.2, 0.25) is 0 Å². The maximum atomic E-state index is 10.5. The van der Waals surface area contributed by atoms with E-state index in [0.29, 0.717) is 23.3 Å². The van der Waals surface area contributed by atoms with Crippen molar-refractivity contribution in [3.05, 3.63) is 26.9 Å². The van der Waals surface area contributed by atoms with E-state index < -0.39 is 10.9 Å². The molecule has 1 heterocycles. The minimum absolute atomic E-state index is 0.0705. The van der Waals surface area contributed by atoms with Gasteiger partial charge in [-0.3, -0.25) is 14.9 Å². The molecule has 1 aromatic rings. The molecule has 19 heavy (non-hydrogen) atoms. The van der Waals surface area contributed by atoms with Gasteiger partial charge in [0.15, 0.2) is 0 Å². The van der Waals surface area contributed by atoms with Gasteiger partial charge in [0, 0.05) is 19.0 Å². The van der Waals surface area contributed by atoms with Crippen molar-refractivity contribution in [1.29, 1.82) is 0 Å². The lowest BCUT2D eigenvalue weighted by Crippen LogP contribution is -2.05. The Bertz CT molecular complexity index is 467. The third-order valence-electron chi connectivity index (χ3n) is 2.40. The van der Waals surface area contributed by atoms with Crippen LogP contribution in [-0.4, -0.2) is 27.5 Å². The van der Waals surface area contributed by atoms with Gasteiger partial charge in [0.25, 0.3) is 5.69 Å². The highest BCUT2D eigenvalue weighted by atomic mass is 79.9. The molecule has 1 aromatic heterocycles. The van der Waals surface area contributed by atoms with E-state index in [1.165, 1.54) is 12.3 Å². The van der Waals surface area contributed by atoms with Crippen LogP contribution in [0.5, 0.6) is 0 Å². The van der Waals surface area contributed by atoms with Gasteiger partial charge in [0.05, 0.1) is 9.40 Å². The third-order valence-corrected chi connectivity index (χ3v) is 3.00. The van der Waals surface area contributed by atoms with Crippen molar-refractivity contribution in [2.45, 2.75) is 25.7 Å². The Morgan fingerprint density at radius 2 is 2.21 bits per heavy atom. The monoisotopic (exact) mass is 331 g/mol. The number of carboxylic acid groups (broad SMARTS) is 1. The number of halogens is 1. The van der Waals surface area contributed by atoms with E-state index in [2.05, 4.69) is 26.2 Å². The Morgan fingerprint density at radius 3 is 2.79 bits per heavy atom. The van der Waals surface area contributed by atoms with E-state index in [-0.39, 0.29) is 12.1 Å². The number of carboxylic acids is 1. The topological polar surface area (TPSA) is 105 Å². The predicted octanol–water partition coefficient (Wildman–Crippen LogP) is 2.81. The number of nitrogens with zero attached hydrogens (tertiary/aromatic N) is 2. The molecule has 0 aliphatic heterocycles. The Hall–Kier alpha value is -1.70. The first-order valence-electron chi connectivity index (χ1n) is 5.76. The van der Waals surface area contributed by atoms with Crippen LogP contribution in [0, 0.1) is 10.1 Å². The van der Waals surface area contributed by atoms with Crippen LogP contribution in [-0.2, 0) is 4.79 Å². The molecule has 0 atom stereocenters. The van der Waals surface area contributed by atoms with Gasteiger partial charge in [0.1, 0.15) is 12.0 Å². The van der Waals surface area contributed by atoms with Gasteiger partial charge in [0.2, 0.25) is 0 Å². The summed E-state index contributed by atoms with van der Waals surface area (Å²) in [5.74, 6) is -0.239. The summed E-state index contributed by atoms with van der Waals surface area (Å²) in [5.41, 5.74) is -0.0705. The van der Waals surface area contributed by atoms with Crippen molar-refractivity contribution < 1.29 is 14.8 Å². The Labute approximate surface area is 118 Å². The number of aliphatic carboxylic acids is 1. The van der Waals surface area contributed by atoms with E-state index in [4.69, 9.17) is 5.11 Å². The summed E-state index contributed by atoms with van der Waals surface area (Å²) in [6.45, 7) is 0.642. The number of carbonyl (C=O) groups is 1. The second kappa shape index (κ2) is 7.67. The molecular weight excluding hydrogens is 318 g/mol. The molecule has 2 N–H and O–H groups in total. The summed E-state index contributed by atoms with van der Waals surface area (Å²) in [4.78, 5) is 24.3. The maximum Gasteiger partial charge on any atom is 0.303 e. The zero-order valence-corrected chi connectivity index (χ0v) is 11.7. The lowest BCUT2D eigenvalue weighted by Gasteiger charge is -2.06. The van der Waals surface area contributed by atoms with Crippen LogP contribution in [0.25, 0.3) is 0 Å². The normalized spacial score (nSPS) is 10.2. The summed E-state index contributed by atoms with van der Waals surface area (Å²) in [6, 6.07) is 1.39. The average Bonchev–Trinajstić information content (AvgIpc) is 2.34. The zero-order chi connectivity index (χ0) is 14.3. The molecule has 0 fully saturated rings. The van der Waals surface area contributed by atoms with Crippen LogP contribution in [0.4, 0.5) is 11.5 Å². The molecule has 0 radical (unpaired) electrons. The maximum absolute atomic E-state index is 10.5. The van der Waals surface area contributed by atoms with Crippen molar-refractivity contribution in [2.24, 2.45) is 0 Å². The minimum atomic E-state index is -0.785. The first-order valence-corrected chi connectivity index (χ1v) is 6.55. The zero-order valence-electron chi connectivity index (χ0n) is 10.1.